The molecule has 4 nitrogen and oxygen atoms in total. The molecule has 0 radical (unpaired) electrons. The molecule has 1 atom stereocenters. The maximum atomic E-state index is 12.7. The first kappa shape index (κ1) is 18.5. The average Bonchev–Trinajstić information content (AvgIpc) is 2.83. The first-order valence-electron chi connectivity index (χ1n) is 8.97. The summed E-state index contributed by atoms with van der Waals surface area (Å²) in [6, 6.07) is 8.35. The van der Waals surface area contributed by atoms with Gasteiger partial charge in [0.15, 0.2) is 0 Å². The molecule has 2 rings (SSSR count). The number of aryl methyl sites for hydroxylation is 1. The van der Waals surface area contributed by atoms with Crippen molar-refractivity contribution in [1.29, 1.82) is 0 Å². The van der Waals surface area contributed by atoms with Crippen LogP contribution in [0.5, 0.6) is 0 Å². The fourth-order valence-corrected chi connectivity index (χ4v) is 3.16. The van der Waals surface area contributed by atoms with Crippen molar-refractivity contribution in [2.45, 2.75) is 58.9 Å². The average molecular weight is 330 g/mol. The number of amides is 2. The van der Waals surface area contributed by atoms with Gasteiger partial charge in [-0.3, -0.25) is 9.59 Å². The van der Waals surface area contributed by atoms with Crippen LogP contribution in [-0.2, 0) is 16.0 Å². The van der Waals surface area contributed by atoms with Crippen molar-refractivity contribution in [3.63, 3.8) is 0 Å². The van der Waals surface area contributed by atoms with Crippen LogP contribution in [-0.4, -0.2) is 35.3 Å². The number of nitrogens with one attached hydrogen (secondary N) is 1. The molecule has 0 aliphatic carbocycles. The van der Waals surface area contributed by atoms with Gasteiger partial charge in [-0.15, -0.1) is 0 Å². The lowest BCUT2D eigenvalue weighted by Crippen LogP contribution is -2.55. The third kappa shape index (κ3) is 4.37. The molecule has 1 N–H and O–H groups in total. The largest absolute Gasteiger partial charge is 0.354 e. The number of hydrogen-bond acceptors (Lipinski definition) is 2. The fraction of sp³-hybridized carbons (Fsp3) is 0.600. The van der Waals surface area contributed by atoms with Gasteiger partial charge in [-0.25, -0.2) is 0 Å². The molecule has 0 bridgehead atoms. The zero-order valence-electron chi connectivity index (χ0n) is 15.4. The molecule has 1 unspecified atom stereocenters. The predicted molar refractivity (Wildman–Crippen MR) is 96.7 cm³/mol. The Labute approximate surface area is 145 Å². The van der Waals surface area contributed by atoms with Crippen LogP contribution in [0.2, 0.25) is 0 Å². The molecule has 1 aromatic carbocycles. The maximum absolute atomic E-state index is 12.7. The molecule has 0 spiro atoms. The Morgan fingerprint density at radius 1 is 1.29 bits per heavy atom. The lowest BCUT2D eigenvalue weighted by atomic mass is 9.96. The first-order valence-corrected chi connectivity index (χ1v) is 8.97. The number of benzene rings is 1. The van der Waals surface area contributed by atoms with E-state index in [0.717, 1.165) is 12.8 Å². The highest BCUT2D eigenvalue weighted by molar-refractivity contribution is 5.94. The summed E-state index contributed by atoms with van der Waals surface area (Å²) < 4.78 is 0. The zero-order valence-corrected chi connectivity index (χ0v) is 15.4. The van der Waals surface area contributed by atoms with Crippen LogP contribution >= 0.6 is 0 Å². The minimum Gasteiger partial charge on any atom is -0.354 e. The van der Waals surface area contributed by atoms with Crippen molar-refractivity contribution in [2.75, 3.05) is 13.1 Å². The summed E-state index contributed by atoms with van der Waals surface area (Å²) in [5.74, 6) is 0.627. The lowest BCUT2D eigenvalue weighted by molar-refractivity contribution is -0.140. The molecule has 2 amide bonds. The molecular formula is C20H30N2O2. The van der Waals surface area contributed by atoms with Crippen molar-refractivity contribution in [2.24, 2.45) is 5.92 Å². The number of nitrogens with zero attached hydrogens (tertiary/aromatic N) is 1. The highest BCUT2D eigenvalue weighted by Gasteiger charge is 2.46. The molecule has 1 aromatic rings. The minimum atomic E-state index is -0.710. The van der Waals surface area contributed by atoms with Gasteiger partial charge in [0.25, 0.3) is 0 Å². The number of carbonyl (C=O) groups is 2. The highest BCUT2D eigenvalue weighted by Crippen LogP contribution is 2.30. The molecule has 0 saturated carbocycles. The van der Waals surface area contributed by atoms with Crippen molar-refractivity contribution in [3.05, 3.63) is 35.4 Å². The van der Waals surface area contributed by atoms with Gasteiger partial charge >= 0.3 is 0 Å². The van der Waals surface area contributed by atoms with Gasteiger partial charge in [-0.2, -0.15) is 0 Å². The molecule has 1 aliphatic heterocycles. The van der Waals surface area contributed by atoms with Gasteiger partial charge in [0.1, 0.15) is 5.54 Å². The summed E-state index contributed by atoms with van der Waals surface area (Å²) >= 11 is 0. The van der Waals surface area contributed by atoms with Gasteiger partial charge in [-0.1, -0.05) is 43.7 Å². The fourth-order valence-electron chi connectivity index (χ4n) is 3.16. The Kier molecular flexibility index (Phi) is 6.03. The van der Waals surface area contributed by atoms with Crippen LogP contribution in [0.4, 0.5) is 0 Å². The number of hydrogen-bond donors (Lipinski definition) is 1. The highest BCUT2D eigenvalue weighted by atomic mass is 16.2. The maximum Gasteiger partial charge on any atom is 0.245 e. The van der Waals surface area contributed by atoms with Crippen LogP contribution < -0.4 is 5.32 Å². The predicted octanol–water partition coefficient (Wildman–Crippen LogP) is 3.08. The molecule has 1 aliphatic rings. The topological polar surface area (TPSA) is 49.4 Å². The summed E-state index contributed by atoms with van der Waals surface area (Å²) in [5, 5.41) is 3.02. The molecule has 4 heteroatoms. The summed E-state index contributed by atoms with van der Waals surface area (Å²) in [7, 11) is 0. The number of rotatable bonds is 7. The Morgan fingerprint density at radius 3 is 2.58 bits per heavy atom. The monoisotopic (exact) mass is 330 g/mol. The third-order valence-corrected chi connectivity index (χ3v) is 4.96. The van der Waals surface area contributed by atoms with E-state index in [-0.39, 0.29) is 11.8 Å². The standard InChI is InChI=1S/C20H30N2O2/c1-15(2)10-13-21-19(24)20(4)12-9-18(23)22(20)14-11-17-7-5-16(3)6-8-17/h5-8,15H,9-14H2,1-4H3,(H,21,24). The summed E-state index contributed by atoms with van der Waals surface area (Å²) in [6.45, 7) is 9.51. The summed E-state index contributed by atoms with van der Waals surface area (Å²) in [5.41, 5.74) is 1.71. The summed E-state index contributed by atoms with van der Waals surface area (Å²) in [4.78, 5) is 26.7. The van der Waals surface area contributed by atoms with Crippen LogP contribution in [0.25, 0.3) is 0 Å². The quantitative estimate of drug-likeness (QED) is 0.835. The van der Waals surface area contributed by atoms with Crippen molar-refractivity contribution < 1.29 is 9.59 Å². The molecule has 1 saturated heterocycles. The van der Waals surface area contributed by atoms with Crippen LogP contribution in [0.1, 0.15) is 51.2 Å². The van der Waals surface area contributed by atoms with E-state index in [1.807, 2.05) is 6.92 Å². The van der Waals surface area contributed by atoms with Gasteiger partial charge < -0.3 is 10.2 Å². The van der Waals surface area contributed by atoms with E-state index in [2.05, 4.69) is 50.4 Å². The number of likely N-dealkylation sites (tertiary alicyclic amines) is 1. The van der Waals surface area contributed by atoms with Crippen molar-refractivity contribution in [3.8, 4) is 0 Å². The van der Waals surface area contributed by atoms with Crippen molar-refractivity contribution >= 4 is 11.8 Å². The second-order valence-electron chi connectivity index (χ2n) is 7.49. The smallest absolute Gasteiger partial charge is 0.245 e. The van der Waals surface area contributed by atoms with E-state index < -0.39 is 5.54 Å². The minimum absolute atomic E-state index is 0.0158. The Bertz CT molecular complexity index is 580. The van der Waals surface area contributed by atoms with Crippen molar-refractivity contribution in [1.82, 2.24) is 10.2 Å². The molecule has 132 valence electrons. The second-order valence-corrected chi connectivity index (χ2v) is 7.49. The Morgan fingerprint density at radius 2 is 1.96 bits per heavy atom. The van der Waals surface area contributed by atoms with Gasteiger partial charge in [0.2, 0.25) is 11.8 Å². The Balaban J connectivity index is 1.98. The van der Waals surface area contributed by atoms with E-state index in [1.165, 1.54) is 11.1 Å². The van der Waals surface area contributed by atoms with Crippen LogP contribution in [0.15, 0.2) is 24.3 Å². The third-order valence-electron chi connectivity index (χ3n) is 4.96. The molecule has 0 aromatic heterocycles. The van der Waals surface area contributed by atoms with Crippen LogP contribution in [0.3, 0.4) is 0 Å². The SMILES string of the molecule is Cc1ccc(CCN2C(=O)CCC2(C)C(=O)NCCC(C)C)cc1. The van der Waals surface area contributed by atoms with E-state index in [0.29, 0.717) is 31.8 Å². The summed E-state index contributed by atoms with van der Waals surface area (Å²) in [6.07, 6.45) is 2.80. The first-order chi connectivity index (χ1) is 11.3. The second kappa shape index (κ2) is 7.82. The lowest BCUT2D eigenvalue weighted by Gasteiger charge is -2.34. The molecule has 1 heterocycles. The van der Waals surface area contributed by atoms with E-state index in [1.54, 1.807) is 4.90 Å². The van der Waals surface area contributed by atoms with E-state index in [9.17, 15) is 9.59 Å². The molecule has 24 heavy (non-hydrogen) atoms. The van der Waals surface area contributed by atoms with E-state index in [4.69, 9.17) is 0 Å². The van der Waals surface area contributed by atoms with Crippen LogP contribution in [0, 0.1) is 12.8 Å². The normalized spacial score (nSPS) is 20.7. The molecule has 1 fully saturated rings. The number of carbonyl (C=O) groups excluding carboxylic acids is 2. The van der Waals surface area contributed by atoms with E-state index >= 15 is 0 Å². The Hall–Kier alpha value is -1.84. The van der Waals surface area contributed by atoms with Gasteiger partial charge in [-0.05, 0) is 44.6 Å². The van der Waals surface area contributed by atoms with Gasteiger partial charge in [0.05, 0.1) is 0 Å². The molecular weight excluding hydrogens is 300 g/mol. The van der Waals surface area contributed by atoms with Gasteiger partial charge in [0, 0.05) is 19.5 Å². The zero-order chi connectivity index (χ0) is 17.7.